The topological polar surface area (TPSA) is 55.1 Å². The molecule has 0 saturated heterocycles. The summed E-state index contributed by atoms with van der Waals surface area (Å²) in [6, 6.07) is 5.61. The summed E-state index contributed by atoms with van der Waals surface area (Å²) in [5.74, 6) is 0.614. The second kappa shape index (κ2) is 6.85. The molecule has 0 heterocycles. The van der Waals surface area contributed by atoms with Gasteiger partial charge in [-0.15, -0.1) is 11.8 Å². The summed E-state index contributed by atoms with van der Waals surface area (Å²) in [5.41, 5.74) is 8.32. The highest BCUT2D eigenvalue weighted by Gasteiger charge is 2.15. The molecule has 2 rings (SSSR count). The zero-order valence-corrected chi connectivity index (χ0v) is 12.3. The van der Waals surface area contributed by atoms with Crippen LogP contribution in [0.4, 0.5) is 11.4 Å². The number of nitrogens with one attached hydrogen (secondary N) is 1. The number of carbonyl (C=O) groups is 1. The summed E-state index contributed by atoms with van der Waals surface area (Å²) in [7, 11) is 0. The average Bonchev–Trinajstić information content (AvgIpc) is 2.43. The van der Waals surface area contributed by atoms with Crippen LogP contribution in [0.2, 0.25) is 0 Å². The quantitative estimate of drug-likeness (QED) is 0.828. The Bertz CT molecular complexity index is 442. The van der Waals surface area contributed by atoms with Crippen molar-refractivity contribution < 1.29 is 4.79 Å². The van der Waals surface area contributed by atoms with Gasteiger partial charge in [0.25, 0.3) is 0 Å². The van der Waals surface area contributed by atoms with Gasteiger partial charge in [-0.2, -0.15) is 0 Å². The van der Waals surface area contributed by atoms with Gasteiger partial charge < -0.3 is 11.1 Å². The van der Waals surface area contributed by atoms with Crippen molar-refractivity contribution in [1.29, 1.82) is 0 Å². The van der Waals surface area contributed by atoms with Gasteiger partial charge in [-0.3, -0.25) is 4.79 Å². The molecule has 0 spiro atoms. The van der Waals surface area contributed by atoms with Crippen molar-refractivity contribution in [3.8, 4) is 0 Å². The lowest BCUT2D eigenvalue weighted by atomic mass is 10.0. The van der Waals surface area contributed by atoms with Gasteiger partial charge >= 0.3 is 0 Å². The molecule has 1 aliphatic rings. The first-order valence-corrected chi connectivity index (χ1v) is 7.98. The third-order valence-corrected chi connectivity index (χ3v) is 5.02. The molecular formula is C15H22N2OS. The first kappa shape index (κ1) is 14.3. The maximum absolute atomic E-state index is 11.9. The summed E-state index contributed by atoms with van der Waals surface area (Å²) in [6.07, 6.45) is 6.50. The van der Waals surface area contributed by atoms with Gasteiger partial charge in [-0.1, -0.05) is 25.3 Å². The van der Waals surface area contributed by atoms with E-state index < -0.39 is 0 Å². The van der Waals surface area contributed by atoms with Crippen molar-refractivity contribution in [3.63, 3.8) is 0 Å². The number of rotatable bonds is 4. The van der Waals surface area contributed by atoms with Crippen LogP contribution in [-0.2, 0) is 4.79 Å². The van der Waals surface area contributed by atoms with E-state index in [0.717, 1.165) is 16.9 Å². The number of hydrogen-bond acceptors (Lipinski definition) is 3. The molecule has 104 valence electrons. The molecule has 0 aromatic heterocycles. The molecule has 1 aliphatic carbocycles. The van der Waals surface area contributed by atoms with E-state index in [0.29, 0.717) is 11.0 Å². The van der Waals surface area contributed by atoms with Crippen molar-refractivity contribution in [3.05, 3.63) is 23.8 Å². The van der Waals surface area contributed by atoms with E-state index in [1.807, 2.05) is 25.1 Å². The highest BCUT2D eigenvalue weighted by molar-refractivity contribution is 8.00. The van der Waals surface area contributed by atoms with Crippen LogP contribution in [0, 0.1) is 6.92 Å². The molecule has 1 amide bonds. The highest BCUT2D eigenvalue weighted by Crippen LogP contribution is 2.28. The van der Waals surface area contributed by atoms with E-state index in [1.54, 1.807) is 11.8 Å². The van der Waals surface area contributed by atoms with Gasteiger partial charge in [0, 0.05) is 16.6 Å². The molecule has 0 bridgehead atoms. The summed E-state index contributed by atoms with van der Waals surface area (Å²) in [6.45, 7) is 1.93. The molecule has 1 saturated carbocycles. The smallest absolute Gasteiger partial charge is 0.234 e. The monoisotopic (exact) mass is 278 g/mol. The number of carbonyl (C=O) groups excluding carboxylic acids is 1. The Morgan fingerprint density at radius 1 is 1.37 bits per heavy atom. The maximum Gasteiger partial charge on any atom is 0.234 e. The van der Waals surface area contributed by atoms with Gasteiger partial charge in [-0.05, 0) is 37.5 Å². The minimum Gasteiger partial charge on any atom is -0.398 e. The van der Waals surface area contributed by atoms with Crippen molar-refractivity contribution in [2.24, 2.45) is 0 Å². The highest BCUT2D eigenvalue weighted by atomic mass is 32.2. The molecular weight excluding hydrogens is 256 g/mol. The molecule has 1 aromatic carbocycles. The Labute approximate surface area is 119 Å². The molecule has 1 aromatic rings. The van der Waals surface area contributed by atoms with Gasteiger partial charge in [0.2, 0.25) is 5.91 Å². The van der Waals surface area contributed by atoms with E-state index in [9.17, 15) is 4.79 Å². The van der Waals surface area contributed by atoms with Crippen LogP contribution in [0.5, 0.6) is 0 Å². The Hall–Kier alpha value is -1.16. The summed E-state index contributed by atoms with van der Waals surface area (Å²) >= 11 is 1.79. The van der Waals surface area contributed by atoms with Gasteiger partial charge in [0.1, 0.15) is 0 Å². The predicted octanol–water partition coefficient (Wildman–Crippen LogP) is 3.58. The molecule has 3 N–H and O–H groups in total. The van der Waals surface area contributed by atoms with Crippen LogP contribution in [0.15, 0.2) is 18.2 Å². The molecule has 3 nitrogen and oxygen atoms in total. The van der Waals surface area contributed by atoms with Gasteiger partial charge in [-0.25, -0.2) is 0 Å². The largest absolute Gasteiger partial charge is 0.398 e. The van der Waals surface area contributed by atoms with E-state index >= 15 is 0 Å². The average molecular weight is 278 g/mol. The Morgan fingerprint density at radius 2 is 2.11 bits per heavy atom. The second-order valence-electron chi connectivity index (χ2n) is 5.14. The van der Waals surface area contributed by atoms with Crippen molar-refractivity contribution in [2.75, 3.05) is 16.8 Å². The zero-order chi connectivity index (χ0) is 13.7. The Kier molecular flexibility index (Phi) is 5.14. The normalized spacial score (nSPS) is 16.3. The number of anilines is 2. The van der Waals surface area contributed by atoms with Crippen LogP contribution in [-0.4, -0.2) is 16.9 Å². The van der Waals surface area contributed by atoms with Crippen LogP contribution >= 0.6 is 11.8 Å². The van der Waals surface area contributed by atoms with Gasteiger partial charge in [0.15, 0.2) is 0 Å². The fourth-order valence-corrected chi connectivity index (χ4v) is 3.53. The second-order valence-corrected chi connectivity index (χ2v) is 6.43. The van der Waals surface area contributed by atoms with Crippen LogP contribution in [0.1, 0.15) is 37.7 Å². The van der Waals surface area contributed by atoms with Crippen molar-refractivity contribution in [1.82, 2.24) is 0 Å². The van der Waals surface area contributed by atoms with Gasteiger partial charge in [0.05, 0.1) is 5.75 Å². The lowest BCUT2D eigenvalue weighted by Crippen LogP contribution is -2.18. The molecule has 1 fully saturated rings. The standard InChI is InChI=1S/C15H22N2OS/c1-11-13(16)8-5-9-14(11)17-15(18)10-19-12-6-3-2-4-7-12/h5,8-9,12H,2-4,6-7,10,16H2,1H3,(H,17,18). The van der Waals surface area contributed by atoms with Crippen molar-refractivity contribution in [2.45, 2.75) is 44.3 Å². The minimum atomic E-state index is 0.0734. The molecule has 19 heavy (non-hydrogen) atoms. The Balaban J connectivity index is 1.82. The number of thioether (sulfide) groups is 1. The number of amides is 1. The number of nitrogens with two attached hydrogens (primary N) is 1. The summed E-state index contributed by atoms with van der Waals surface area (Å²) in [5, 5.41) is 3.62. The number of nitrogen functional groups attached to an aromatic ring is 1. The molecule has 0 atom stereocenters. The van der Waals surface area contributed by atoms with E-state index in [4.69, 9.17) is 5.73 Å². The zero-order valence-electron chi connectivity index (χ0n) is 11.4. The molecule has 0 unspecified atom stereocenters. The first-order chi connectivity index (χ1) is 9.16. The number of benzene rings is 1. The summed E-state index contributed by atoms with van der Waals surface area (Å²) < 4.78 is 0. The SMILES string of the molecule is Cc1c(N)cccc1NC(=O)CSC1CCCCC1. The number of hydrogen-bond donors (Lipinski definition) is 2. The van der Waals surface area contributed by atoms with E-state index in [1.165, 1.54) is 32.1 Å². The first-order valence-electron chi connectivity index (χ1n) is 6.93. The minimum absolute atomic E-state index is 0.0734. The van der Waals surface area contributed by atoms with Crippen LogP contribution in [0.25, 0.3) is 0 Å². The van der Waals surface area contributed by atoms with Crippen LogP contribution in [0.3, 0.4) is 0 Å². The molecule has 4 heteroatoms. The third kappa shape index (κ3) is 4.16. The lowest BCUT2D eigenvalue weighted by molar-refractivity contribution is -0.113. The summed E-state index contributed by atoms with van der Waals surface area (Å²) in [4.78, 5) is 11.9. The van der Waals surface area contributed by atoms with Crippen LogP contribution < -0.4 is 11.1 Å². The fraction of sp³-hybridized carbons (Fsp3) is 0.533. The van der Waals surface area contributed by atoms with Crippen molar-refractivity contribution >= 4 is 29.0 Å². The maximum atomic E-state index is 11.9. The lowest BCUT2D eigenvalue weighted by Gasteiger charge is -2.20. The van der Waals surface area contributed by atoms with E-state index in [2.05, 4.69) is 5.32 Å². The molecule has 0 radical (unpaired) electrons. The predicted molar refractivity (Wildman–Crippen MR) is 83.6 cm³/mol. The third-order valence-electron chi connectivity index (χ3n) is 3.65. The Morgan fingerprint density at radius 3 is 2.84 bits per heavy atom. The fourth-order valence-electron chi connectivity index (χ4n) is 2.40. The molecule has 0 aliphatic heterocycles. The van der Waals surface area contributed by atoms with E-state index in [-0.39, 0.29) is 5.91 Å².